The lowest BCUT2D eigenvalue weighted by atomic mass is 9.96. The molecule has 9 heteroatoms. The highest BCUT2D eigenvalue weighted by Gasteiger charge is 2.21. The van der Waals surface area contributed by atoms with E-state index in [0.717, 1.165) is 95.0 Å². The number of anilines is 6. The Balaban J connectivity index is 1.05. The molecular formula is C59H40N6O3. The maximum atomic E-state index is 11.5. The third-order valence-corrected chi connectivity index (χ3v) is 12.2. The third-order valence-electron chi connectivity index (χ3n) is 12.2. The predicted octanol–water partition coefficient (Wildman–Crippen LogP) is 14.8. The lowest BCUT2D eigenvalue weighted by Gasteiger charge is -2.25. The Kier molecular flexibility index (Phi) is 10.6. The summed E-state index contributed by atoms with van der Waals surface area (Å²) in [7, 11) is 1.99. The maximum Gasteiger partial charge on any atom is 0.346 e. The van der Waals surface area contributed by atoms with Gasteiger partial charge in [-0.05, 0) is 108 Å². The van der Waals surface area contributed by atoms with Crippen molar-refractivity contribution >= 4 is 79.3 Å². The lowest BCUT2D eigenvalue weighted by Crippen LogP contribution is -2.09. The number of carboxylic acid groups (broad SMARTS) is 1. The molecule has 0 radical (unpaired) electrons. The molecule has 11 aromatic rings. The van der Waals surface area contributed by atoms with Crippen LogP contribution in [0.15, 0.2) is 222 Å². The van der Waals surface area contributed by atoms with E-state index < -0.39 is 11.5 Å². The van der Waals surface area contributed by atoms with Crippen LogP contribution in [0.25, 0.3) is 72.8 Å². The standard InChI is InChI=1S/C59H40N6O3/c1-63-53-37-41(54-35-31-49(68-54)36-42(38-60)59(66)67)26-32-52(53)57-58(63)62-56-51(40-24-29-48(30-25-40)65(45-18-10-4-11-19-45)46-20-12-5-13-21-46)34-33-50(55(56)61-57)39-22-27-47(28-23-39)64(43-14-6-2-7-15-43)44-16-8-3-9-17-44/h2-37H,1H3,(H,66,67). The van der Waals surface area contributed by atoms with E-state index in [9.17, 15) is 15.2 Å². The van der Waals surface area contributed by atoms with Crippen LogP contribution in [-0.4, -0.2) is 25.6 Å². The average molecular weight is 881 g/mol. The minimum Gasteiger partial charge on any atom is -0.477 e. The first-order chi connectivity index (χ1) is 33.4. The summed E-state index contributed by atoms with van der Waals surface area (Å²) in [5, 5.41) is 19.6. The highest BCUT2D eigenvalue weighted by molar-refractivity contribution is 6.11. The van der Waals surface area contributed by atoms with E-state index >= 15 is 0 Å². The highest BCUT2D eigenvalue weighted by atomic mass is 16.4. The van der Waals surface area contributed by atoms with Gasteiger partial charge in [0.25, 0.3) is 0 Å². The Labute approximate surface area is 392 Å². The maximum absolute atomic E-state index is 11.5. The smallest absolute Gasteiger partial charge is 0.346 e. The fraction of sp³-hybridized carbons (Fsp3) is 0.0169. The van der Waals surface area contributed by atoms with Crippen molar-refractivity contribution in [3.8, 4) is 39.6 Å². The van der Waals surface area contributed by atoms with Crippen LogP contribution in [0.1, 0.15) is 5.76 Å². The van der Waals surface area contributed by atoms with Crippen molar-refractivity contribution in [2.24, 2.45) is 7.05 Å². The molecule has 0 fully saturated rings. The second-order valence-electron chi connectivity index (χ2n) is 16.3. The molecule has 0 saturated heterocycles. The van der Waals surface area contributed by atoms with Gasteiger partial charge in [0.05, 0.1) is 16.6 Å². The van der Waals surface area contributed by atoms with Crippen LogP contribution in [0, 0.1) is 11.3 Å². The number of nitriles is 1. The summed E-state index contributed by atoms with van der Waals surface area (Å²) < 4.78 is 8.07. The number of hydrogen-bond donors (Lipinski definition) is 1. The van der Waals surface area contributed by atoms with Crippen LogP contribution in [0.4, 0.5) is 34.1 Å². The van der Waals surface area contributed by atoms with Gasteiger partial charge in [-0.3, -0.25) is 0 Å². The van der Waals surface area contributed by atoms with E-state index in [1.807, 2.05) is 49.5 Å². The Morgan fingerprint density at radius 1 is 0.544 bits per heavy atom. The Bertz CT molecular complexity index is 3630. The van der Waals surface area contributed by atoms with Crippen molar-refractivity contribution in [3.05, 3.63) is 224 Å². The molecule has 0 spiro atoms. The van der Waals surface area contributed by atoms with Crippen LogP contribution in [0.2, 0.25) is 0 Å². The number of benzene rings is 8. The Morgan fingerprint density at radius 2 is 0.985 bits per heavy atom. The van der Waals surface area contributed by atoms with E-state index in [0.29, 0.717) is 5.76 Å². The zero-order valence-electron chi connectivity index (χ0n) is 36.7. The molecule has 1 N–H and O–H groups in total. The van der Waals surface area contributed by atoms with Gasteiger partial charge in [-0.1, -0.05) is 115 Å². The molecule has 0 aliphatic heterocycles. The normalized spacial score (nSPS) is 11.5. The van der Waals surface area contributed by atoms with Crippen LogP contribution >= 0.6 is 0 Å². The third kappa shape index (κ3) is 7.58. The second-order valence-corrected chi connectivity index (χ2v) is 16.3. The van der Waals surface area contributed by atoms with Gasteiger partial charge in [0.1, 0.15) is 28.7 Å². The number of carbonyl (C=O) groups is 1. The average Bonchev–Trinajstić information content (AvgIpc) is 3.98. The lowest BCUT2D eigenvalue weighted by molar-refractivity contribution is -0.132. The Morgan fingerprint density at radius 3 is 1.44 bits per heavy atom. The molecule has 324 valence electrons. The first-order valence-corrected chi connectivity index (χ1v) is 22.1. The van der Waals surface area contributed by atoms with Crippen LogP contribution < -0.4 is 9.80 Å². The summed E-state index contributed by atoms with van der Waals surface area (Å²) >= 11 is 0. The topological polar surface area (TPSA) is 111 Å². The number of hydrogen-bond acceptors (Lipinski definition) is 7. The number of rotatable bonds is 11. The van der Waals surface area contributed by atoms with E-state index in [1.165, 1.54) is 6.08 Å². The zero-order valence-corrected chi connectivity index (χ0v) is 36.7. The van der Waals surface area contributed by atoms with Crippen molar-refractivity contribution in [1.82, 2.24) is 14.5 Å². The first-order valence-electron chi connectivity index (χ1n) is 22.1. The molecule has 0 bridgehead atoms. The van der Waals surface area contributed by atoms with Crippen LogP contribution in [0.3, 0.4) is 0 Å². The fourth-order valence-electron chi connectivity index (χ4n) is 8.94. The monoisotopic (exact) mass is 880 g/mol. The van der Waals surface area contributed by atoms with Gasteiger partial charge in [-0.2, -0.15) is 5.26 Å². The molecule has 0 aliphatic carbocycles. The number of carboxylic acids is 1. The van der Waals surface area contributed by atoms with Crippen molar-refractivity contribution in [2.75, 3.05) is 9.80 Å². The van der Waals surface area contributed by atoms with Gasteiger partial charge in [-0.25, -0.2) is 14.8 Å². The number of aromatic nitrogens is 3. The first kappa shape index (κ1) is 41.2. The van der Waals surface area contributed by atoms with Gasteiger partial charge >= 0.3 is 5.97 Å². The van der Waals surface area contributed by atoms with Gasteiger partial charge in [-0.15, -0.1) is 0 Å². The highest BCUT2D eigenvalue weighted by Crippen LogP contribution is 2.41. The fourth-order valence-corrected chi connectivity index (χ4v) is 8.94. The zero-order chi connectivity index (χ0) is 46.1. The van der Waals surface area contributed by atoms with Crippen molar-refractivity contribution in [2.45, 2.75) is 0 Å². The van der Waals surface area contributed by atoms with Gasteiger partial charge in [0.15, 0.2) is 5.65 Å². The summed E-state index contributed by atoms with van der Waals surface area (Å²) in [4.78, 5) is 27.0. The number of nitrogens with zero attached hydrogens (tertiary/aromatic N) is 6. The molecule has 3 aromatic heterocycles. The molecule has 68 heavy (non-hydrogen) atoms. The molecule has 0 atom stereocenters. The molecule has 0 saturated carbocycles. The van der Waals surface area contributed by atoms with Crippen LogP contribution in [0.5, 0.6) is 0 Å². The number of aryl methyl sites for hydroxylation is 1. The number of para-hydroxylation sites is 4. The molecule has 0 unspecified atom stereocenters. The van der Waals surface area contributed by atoms with E-state index in [1.54, 1.807) is 18.2 Å². The predicted molar refractivity (Wildman–Crippen MR) is 273 cm³/mol. The molecule has 3 heterocycles. The molecular weight excluding hydrogens is 841 g/mol. The molecule has 8 aromatic carbocycles. The molecule has 0 amide bonds. The molecule has 0 aliphatic rings. The minimum absolute atomic E-state index is 0.271. The number of furan rings is 1. The van der Waals surface area contributed by atoms with E-state index in [4.69, 9.17) is 14.4 Å². The number of aliphatic carboxylic acids is 1. The largest absolute Gasteiger partial charge is 0.477 e. The van der Waals surface area contributed by atoms with Crippen molar-refractivity contribution in [1.29, 1.82) is 5.26 Å². The minimum atomic E-state index is -1.31. The summed E-state index contributed by atoms with van der Waals surface area (Å²) in [6.45, 7) is 0. The van der Waals surface area contributed by atoms with Crippen molar-refractivity contribution < 1.29 is 14.3 Å². The summed E-state index contributed by atoms with van der Waals surface area (Å²) in [6.07, 6.45) is 1.22. The Hall–Kier alpha value is -9.52. The van der Waals surface area contributed by atoms with E-state index in [2.05, 4.69) is 172 Å². The van der Waals surface area contributed by atoms with E-state index in [-0.39, 0.29) is 5.76 Å². The number of fused-ring (bicyclic) bond motifs is 4. The van der Waals surface area contributed by atoms with Gasteiger partial charge in [0.2, 0.25) is 0 Å². The molecule has 9 nitrogen and oxygen atoms in total. The van der Waals surface area contributed by atoms with Gasteiger partial charge in [0, 0.05) is 69.3 Å². The summed E-state index contributed by atoms with van der Waals surface area (Å²) in [5.74, 6) is -0.511. The SMILES string of the molecule is Cn1c2cc(-c3ccc(C=C(C#N)C(=O)O)o3)ccc2c2nc3c(-c4ccc(N(c5ccccc5)c5ccccc5)cc4)ccc(-c4ccc(N(c5ccccc5)c5ccccc5)cc4)c3nc21. The molecule has 11 rings (SSSR count). The second kappa shape index (κ2) is 17.5. The van der Waals surface area contributed by atoms with Crippen molar-refractivity contribution in [3.63, 3.8) is 0 Å². The van der Waals surface area contributed by atoms with Crippen LogP contribution in [-0.2, 0) is 11.8 Å². The summed E-state index contributed by atoms with van der Waals surface area (Å²) in [6, 6.07) is 74.2. The quantitative estimate of drug-likeness (QED) is 0.101. The van der Waals surface area contributed by atoms with Gasteiger partial charge < -0.3 is 23.9 Å². The summed E-state index contributed by atoms with van der Waals surface area (Å²) in [5.41, 5.74) is 14.5.